The fourth-order valence-corrected chi connectivity index (χ4v) is 4.69. The summed E-state index contributed by atoms with van der Waals surface area (Å²) in [6, 6.07) is 9.79. The Morgan fingerprint density at radius 2 is 1.83 bits per heavy atom. The molecule has 2 fully saturated rings. The minimum atomic E-state index is -0.701. The van der Waals surface area contributed by atoms with E-state index in [-0.39, 0.29) is 34.7 Å². The molecule has 0 bridgehead atoms. The maximum Gasteiger partial charge on any atom is 0.320 e. The second-order valence-corrected chi connectivity index (χ2v) is 8.28. The lowest BCUT2D eigenvalue weighted by molar-refractivity contribution is 0.107. The monoisotopic (exact) mass is 428 g/mol. The Balaban J connectivity index is 1.45. The van der Waals surface area contributed by atoms with Gasteiger partial charge >= 0.3 is 6.01 Å². The summed E-state index contributed by atoms with van der Waals surface area (Å²) in [6.07, 6.45) is 5.97. The van der Waals surface area contributed by atoms with Gasteiger partial charge in [0.15, 0.2) is 11.0 Å². The largest absolute Gasteiger partial charge is 0.472 e. The van der Waals surface area contributed by atoms with Gasteiger partial charge in [0, 0.05) is 6.20 Å². The van der Waals surface area contributed by atoms with Crippen LogP contribution in [-0.2, 0) is 6.61 Å². The van der Waals surface area contributed by atoms with Crippen molar-refractivity contribution < 1.29 is 13.9 Å². The van der Waals surface area contributed by atoms with Crippen LogP contribution >= 0.6 is 11.6 Å². The third kappa shape index (κ3) is 3.56. The zero-order chi connectivity index (χ0) is 20.6. The van der Waals surface area contributed by atoms with Gasteiger partial charge in [0.2, 0.25) is 5.88 Å². The maximum absolute atomic E-state index is 14.7. The van der Waals surface area contributed by atoms with E-state index in [0.29, 0.717) is 12.0 Å². The lowest BCUT2D eigenvalue weighted by Crippen LogP contribution is -2.43. The lowest BCUT2D eigenvalue weighted by atomic mass is 9.95. The molecular formula is C22H22ClFN4O2. The van der Waals surface area contributed by atoms with Crippen molar-refractivity contribution in [2.45, 2.75) is 37.8 Å². The zero-order valence-electron chi connectivity index (χ0n) is 16.5. The van der Waals surface area contributed by atoms with Gasteiger partial charge in [-0.3, -0.25) is 4.90 Å². The number of hydrogen-bond acceptors (Lipinski definition) is 6. The van der Waals surface area contributed by atoms with Crippen LogP contribution in [0.1, 0.15) is 31.2 Å². The minimum absolute atomic E-state index is 0.0395. The topological polar surface area (TPSA) is 60.4 Å². The van der Waals surface area contributed by atoms with Crippen molar-refractivity contribution in [1.82, 2.24) is 19.9 Å². The van der Waals surface area contributed by atoms with Gasteiger partial charge in [-0.15, -0.1) is 0 Å². The molecular weight excluding hydrogens is 407 g/mol. The summed E-state index contributed by atoms with van der Waals surface area (Å²) >= 11 is 5.88. The molecule has 0 unspecified atom stereocenters. The molecule has 5 rings (SSSR count). The number of ether oxygens (including phenoxy) is 2. The molecule has 8 heteroatoms. The summed E-state index contributed by atoms with van der Waals surface area (Å²) in [7, 11) is 0. The number of nitrogens with zero attached hydrogens (tertiary/aromatic N) is 4. The fourth-order valence-electron chi connectivity index (χ4n) is 4.55. The highest BCUT2D eigenvalue weighted by molar-refractivity contribution is 6.30. The van der Waals surface area contributed by atoms with E-state index in [1.807, 2.05) is 30.3 Å². The quantitative estimate of drug-likeness (QED) is 0.542. The van der Waals surface area contributed by atoms with Crippen molar-refractivity contribution in [3.8, 4) is 11.9 Å². The molecule has 6 nitrogen and oxygen atoms in total. The zero-order valence-corrected chi connectivity index (χ0v) is 17.2. The average Bonchev–Trinajstić information content (AvgIpc) is 3.34. The van der Waals surface area contributed by atoms with E-state index in [1.165, 1.54) is 19.0 Å². The van der Waals surface area contributed by atoms with Crippen LogP contribution in [0.2, 0.25) is 5.15 Å². The van der Waals surface area contributed by atoms with Gasteiger partial charge in [-0.05, 0) is 44.3 Å². The number of fused-ring (bicyclic) bond motifs is 2. The van der Waals surface area contributed by atoms with Crippen molar-refractivity contribution in [3.05, 3.63) is 53.1 Å². The summed E-state index contributed by atoms with van der Waals surface area (Å²) in [5.41, 5.74) is 1.06. The van der Waals surface area contributed by atoms with Crippen molar-refractivity contribution in [2.24, 2.45) is 0 Å². The fraction of sp³-hybridized carbons (Fsp3) is 0.409. The summed E-state index contributed by atoms with van der Waals surface area (Å²) in [5, 5.41) is 0.124. The standard InChI is InChI=1S/C22H22ClFN4O2/c23-19-17(24)18-16(12-25-19)20(29-13-15-6-2-1-3-7-15)27-21(26-18)30-14-22-8-4-10-28(22)11-5-9-22/h1-3,6-7,12H,4-5,8-11,13-14H2. The van der Waals surface area contributed by atoms with E-state index in [9.17, 15) is 4.39 Å². The first-order chi connectivity index (χ1) is 14.6. The van der Waals surface area contributed by atoms with Gasteiger partial charge in [-0.1, -0.05) is 41.9 Å². The van der Waals surface area contributed by atoms with Crippen molar-refractivity contribution >= 4 is 22.5 Å². The number of halogens is 2. The molecule has 1 aromatic carbocycles. The molecule has 0 amide bonds. The molecule has 2 aliphatic heterocycles. The number of aromatic nitrogens is 3. The molecule has 2 aromatic heterocycles. The predicted octanol–water partition coefficient (Wildman–Crippen LogP) is 4.40. The van der Waals surface area contributed by atoms with Crippen molar-refractivity contribution in [2.75, 3.05) is 19.7 Å². The third-order valence-corrected chi connectivity index (χ3v) is 6.35. The summed E-state index contributed by atoms with van der Waals surface area (Å²) < 4.78 is 26.6. The molecule has 30 heavy (non-hydrogen) atoms. The van der Waals surface area contributed by atoms with Gasteiger partial charge in [-0.25, -0.2) is 9.37 Å². The first kappa shape index (κ1) is 19.5. The Bertz CT molecular complexity index is 1060. The summed E-state index contributed by atoms with van der Waals surface area (Å²) in [5.74, 6) is -0.471. The van der Waals surface area contributed by atoms with Crippen LogP contribution in [0.15, 0.2) is 36.5 Å². The summed E-state index contributed by atoms with van der Waals surface area (Å²) in [6.45, 7) is 2.97. The molecule has 0 aliphatic carbocycles. The Labute approximate surface area is 179 Å². The van der Waals surface area contributed by atoms with E-state index in [4.69, 9.17) is 21.1 Å². The Morgan fingerprint density at radius 1 is 1.07 bits per heavy atom. The van der Waals surface area contributed by atoms with E-state index >= 15 is 0 Å². The van der Waals surface area contributed by atoms with Gasteiger partial charge in [0.25, 0.3) is 0 Å². The van der Waals surface area contributed by atoms with Crippen LogP contribution in [0.5, 0.6) is 11.9 Å². The van der Waals surface area contributed by atoms with Crippen LogP contribution in [0.3, 0.4) is 0 Å². The number of rotatable bonds is 6. The normalized spacial score (nSPS) is 17.9. The first-order valence-corrected chi connectivity index (χ1v) is 10.6. The SMILES string of the molecule is Fc1c(Cl)ncc2c(OCc3ccccc3)nc(OCC34CCCN3CCC4)nc12. The van der Waals surface area contributed by atoms with Crippen LogP contribution in [0.4, 0.5) is 4.39 Å². The van der Waals surface area contributed by atoms with Crippen LogP contribution in [0.25, 0.3) is 10.9 Å². The Kier molecular flexibility index (Phi) is 5.16. The van der Waals surface area contributed by atoms with Gasteiger partial charge in [0.1, 0.15) is 18.7 Å². The van der Waals surface area contributed by atoms with E-state index < -0.39 is 5.82 Å². The second kappa shape index (κ2) is 7.96. The molecule has 2 saturated heterocycles. The highest BCUT2D eigenvalue weighted by Gasteiger charge is 2.45. The van der Waals surface area contributed by atoms with E-state index in [1.54, 1.807) is 0 Å². The van der Waals surface area contributed by atoms with Crippen molar-refractivity contribution in [3.63, 3.8) is 0 Å². The molecule has 0 saturated carbocycles. The third-order valence-electron chi connectivity index (χ3n) is 6.09. The van der Waals surface area contributed by atoms with E-state index in [2.05, 4.69) is 19.9 Å². The van der Waals surface area contributed by atoms with Gasteiger partial charge in [0.05, 0.1) is 10.9 Å². The molecule has 0 atom stereocenters. The second-order valence-electron chi connectivity index (χ2n) is 7.92. The Hall–Kier alpha value is -2.51. The number of hydrogen-bond donors (Lipinski definition) is 0. The van der Waals surface area contributed by atoms with Gasteiger partial charge < -0.3 is 9.47 Å². The molecule has 0 radical (unpaired) electrons. The van der Waals surface area contributed by atoms with Crippen LogP contribution < -0.4 is 9.47 Å². The molecule has 0 spiro atoms. The van der Waals surface area contributed by atoms with Crippen molar-refractivity contribution in [1.29, 1.82) is 0 Å². The Morgan fingerprint density at radius 3 is 2.60 bits per heavy atom. The molecule has 3 aromatic rings. The molecule has 2 aliphatic rings. The lowest BCUT2D eigenvalue weighted by Gasteiger charge is -2.31. The van der Waals surface area contributed by atoms with Crippen LogP contribution in [0, 0.1) is 5.82 Å². The molecule has 4 heterocycles. The smallest absolute Gasteiger partial charge is 0.320 e. The maximum atomic E-state index is 14.7. The van der Waals surface area contributed by atoms with Crippen LogP contribution in [-0.4, -0.2) is 45.1 Å². The highest BCUT2D eigenvalue weighted by atomic mass is 35.5. The average molecular weight is 429 g/mol. The molecule has 156 valence electrons. The highest BCUT2D eigenvalue weighted by Crippen LogP contribution is 2.39. The number of benzene rings is 1. The molecule has 0 N–H and O–H groups in total. The minimum Gasteiger partial charge on any atom is -0.472 e. The van der Waals surface area contributed by atoms with Gasteiger partial charge in [-0.2, -0.15) is 9.97 Å². The first-order valence-electron chi connectivity index (χ1n) is 10.2. The number of pyridine rings is 1. The predicted molar refractivity (Wildman–Crippen MR) is 111 cm³/mol. The summed E-state index contributed by atoms with van der Waals surface area (Å²) in [4.78, 5) is 15.1. The van der Waals surface area contributed by atoms with E-state index in [0.717, 1.165) is 31.5 Å².